The fourth-order valence-corrected chi connectivity index (χ4v) is 4.89. The second-order valence-corrected chi connectivity index (χ2v) is 9.52. The van der Waals surface area contributed by atoms with Gasteiger partial charge in [0, 0.05) is 24.3 Å². The molecule has 2 aromatic rings. The number of ketones is 1. The van der Waals surface area contributed by atoms with Gasteiger partial charge in [0.15, 0.2) is 14.5 Å². The van der Waals surface area contributed by atoms with Crippen LogP contribution in [0.25, 0.3) is 0 Å². The van der Waals surface area contributed by atoms with Crippen molar-refractivity contribution in [2.24, 2.45) is 0 Å². The zero-order valence-corrected chi connectivity index (χ0v) is 18.9. The predicted molar refractivity (Wildman–Crippen MR) is 117 cm³/mol. The Hall–Kier alpha value is -1.62. The van der Waals surface area contributed by atoms with E-state index >= 15 is 0 Å². The number of thioether (sulfide) groups is 2. The second-order valence-electron chi connectivity index (χ2n) is 6.05. The number of benzene rings is 1. The van der Waals surface area contributed by atoms with E-state index in [2.05, 4.69) is 15.5 Å². The van der Waals surface area contributed by atoms with Crippen LogP contribution in [0.3, 0.4) is 0 Å². The number of nitrogens with one attached hydrogen (secondary N) is 1. The maximum absolute atomic E-state index is 11.6. The van der Waals surface area contributed by atoms with Gasteiger partial charge in [-0.05, 0) is 30.7 Å². The number of rotatable bonds is 13. The zero-order chi connectivity index (χ0) is 21.1. The van der Waals surface area contributed by atoms with Crippen molar-refractivity contribution in [1.82, 2.24) is 15.5 Å². The molecule has 1 aromatic carbocycles. The summed E-state index contributed by atoms with van der Waals surface area (Å²) in [6.45, 7) is 4.65. The highest BCUT2D eigenvalue weighted by molar-refractivity contribution is 8.03. The number of aliphatic hydroxyl groups excluding tert-OH is 1. The molecule has 1 amide bonds. The number of carbonyl (C=O) groups is 2. The van der Waals surface area contributed by atoms with Crippen LogP contribution in [0.5, 0.6) is 5.75 Å². The zero-order valence-electron chi connectivity index (χ0n) is 16.4. The predicted octanol–water partition coefficient (Wildman–Crippen LogP) is 3.28. The fraction of sp³-hybridized carbons (Fsp3) is 0.474. The molecule has 0 aliphatic carbocycles. The molecule has 1 atom stereocenters. The molecule has 0 spiro atoms. The first-order valence-electron chi connectivity index (χ1n) is 9.31. The van der Waals surface area contributed by atoms with E-state index in [4.69, 9.17) is 4.74 Å². The highest BCUT2D eigenvalue weighted by Crippen LogP contribution is 2.29. The Balaban J connectivity index is 1.68. The first kappa shape index (κ1) is 23.7. The lowest BCUT2D eigenvalue weighted by atomic mass is 10.1. The number of carbonyl (C=O) groups excluding carboxylic acids is 2. The van der Waals surface area contributed by atoms with Crippen LogP contribution in [0.1, 0.15) is 37.0 Å². The van der Waals surface area contributed by atoms with Gasteiger partial charge >= 0.3 is 0 Å². The number of aliphatic hydroxyl groups is 1. The van der Waals surface area contributed by atoms with E-state index in [0.29, 0.717) is 35.8 Å². The number of hydrogen-bond acceptors (Lipinski definition) is 9. The van der Waals surface area contributed by atoms with Gasteiger partial charge in [-0.2, -0.15) is 0 Å². The summed E-state index contributed by atoms with van der Waals surface area (Å²) in [5.41, 5.74) is 0.656. The van der Waals surface area contributed by atoms with Gasteiger partial charge in [0.1, 0.15) is 12.4 Å². The molecule has 1 aromatic heterocycles. The molecule has 2 N–H and O–H groups in total. The van der Waals surface area contributed by atoms with Crippen LogP contribution in [0.4, 0.5) is 0 Å². The van der Waals surface area contributed by atoms with Crippen LogP contribution < -0.4 is 10.1 Å². The third kappa shape index (κ3) is 8.73. The Morgan fingerprint density at radius 3 is 2.52 bits per heavy atom. The van der Waals surface area contributed by atoms with Crippen molar-refractivity contribution in [1.29, 1.82) is 0 Å². The molecule has 0 fully saturated rings. The molecule has 0 bridgehead atoms. The van der Waals surface area contributed by atoms with Crippen molar-refractivity contribution in [2.45, 2.75) is 41.5 Å². The summed E-state index contributed by atoms with van der Waals surface area (Å²) in [5.74, 6) is 1.42. The molecule has 0 aliphatic heterocycles. The van der Waals surface area contributed by atoms with Crippen LogP contribution in [0.15, 0.2) is 32.9 Å². The highest BCUT2D eigenvalue weighted by atomic mass is 32.2. The molecule has 1 unspecified atom stereocenters. The lowest BCUT2D eigenvalue weighted by Crippen LogP contribution is -2.25. The van der Waals surface area contributed by atoms with Crippen LogP contribution >= 0.6 is 34.9 Å². The minimum Gasteiger partial charge on any atom is -0.491 e. The molecule has 29 heavy (non-hydrogen) atoms. The Morgan fingerprint density at radius 1 is 1.17 bits per heavy atom. The minimum absolute atomic E-state index is 0.0130. The van der Waals surface area contributed by atoms with E-state index in [1.165, 1.54) is 34.9 Å². The van der Waals surface area contributed by atoms with Gasteiger partial charge in [0.2, 0.25) is 5.91 Å². The third-order valence-electron chi connectivity index (χ3n) is 3.63. The van der Waals surface area contributed by atoms with Crippen LogP contribution in [-0.2, 0) is 4.79 Å². The molecule has 0 radical (unpaired) electrons. The normalized spacial score (nSPS) is 11.8. The van der Waals surface area contributed by atoms with E-state index in [-0.39, 0.29) is 18.3 Å². The standard InChI is InChI=1S/C19H25N3O4S3/c1-3-9-20-17(25)12-28-19-22-21-18(29-19)27-11-14(23)10-26-15-7-5-13(6-8-15)16(24)4-2/h5-8,14,23H,3-4,9-12H2,1-2H3,(H,20,25). The summed E-state index contributed by atoms with van der Waals surface area (Å²) in [6.07, 6.45) is 0.705. The van der Waals surface area contributed by atoms with Crippen molar-refractivity contribution in [3.05, 3.63) is 29.8 Å². The molecule has 7 nitrogen and oxygen atoms in total. The van der Waals surface area contributed by atoms with E-state index < -0.39 is 6.10 Å². The minimum atomic E-state index is -0.670. The van der Waals surface area contributed by atoms with Crippen molar-refractivity contribution >= 4 is 46.6 Å². The lowest BCUT2D eigenvalue weighted by Gasteiger charge is -2.11. The smallest absolute Gasteiger partial charge is 0.230 e. The highest BCUT2D eigenvalue weighted by Gasteiger charge is 2.12. The number of hydrogen-bond donors (Lipinski definition) is 2. The topological polar surface area (TPSA) is 101 Å². The maximum atomic E-state index is 11.6. The Bertz CT molecular complexity index is 783. The molecule has 158 valence electrons. The Morgan fingerprint density at radius 2 is 1.86 bits per heavy atom. The van der Waals surface area contributed by atoms with Gasteiger partial charge in [0.05, 0.1) is 11.9 Å². The fourth-order valence-electron chi connectivity index (χ4n) is 2.11. The van der Waals surface area contributed by atoms with Gasteiger partial charge in [0.25, 0.3) is 0 Å². The summed E-state index contributed by atoms with van der Waals surface area (Å²) < 4.78 is 7.04. The third-order valence-corrected chi connectivity index (χ3v) is 6.96. The molecule has 0 saturated heterocycles. The first-order valence-corrected chi connectivity index (χ1v) is 12.1. The number of amides is 1. The second kappa shape index (κ2) is 12.8. The van der Waals surface area contributed by atoms with E-state index in [1.54, 1.807) is 24.3 Å². The summed E-state index contributed by atoms with van der Waals surface area (Å²) in [5, 5.41) is 21.1. The summed E-state index contributed by atoms with van der Waals surface area (Å²) in [4.78, 5) is 23.2. The number of ether oxygens (including phenoxy) is 1. The van der Waals surface area contributed by atoms with Crippen LogP contribution in [0.2, 0.25) is 0 Å². The number of nitrogens with zero attached hydrogens (tertiary/aromatic N) is 2. The SMILES string of the molecule is CCCNC(=O)CSc1nnc(SCC(O)COc2ccc(C(=O)CC)cc2)s1. The van der Waals surface area contributed by atoms with E-state index in [1.807, 2.05) is 13.8 Å². The van der Waals surface area contributed by atoms with Crippen LogP contribution in [-0.4, -0.2) is 57.8 Å². The lowest BCUT2D eigenvalue weighted by molar-refractivity contribution is -0.118. The van der Waals surface area contributed by atoms with E-state index in [9.17, 15) is 14.7 Å². The molecular weight excluding hydrogens is 430 g/mol. The van der Waals surface area contributed by atoms with Gasteiger partial charge in [-0.1, -0.05) is 48.7 Å². The van der Waals surface area contributed by atoms with Crippen molar-refractivity contribution < 1.29 is 19.4 Å². The Labute approximate surface area is 183 Å². The van der Waals surface area contributed by atoms with Crippen molar-refractivity contribution in [2.75, 3.05) is 24.7 Å². The quantitative estimate of drug-likeness (QED) is 0.350. The first-order chi connectivity index (χ1) is 14.0. The Kier molecular flexibility index (Phi) is 10.5. The molecule has 0 aliphatic rings. The van der Waals surface area contributed by atoms with E-state index in [0.717, 1.165) is 15.1 Å². The largest absolute Gasteiger partial charge is 0.491 e. The molecule has 10 heteroatoms. The molecular formula is C19H25N3O4S3. The van der Waals surface area contributed by atoms with Crippen molar-refractivity contribution in [3.8, 4) is 5.75 Å². The van der Waals surface area contributed by atoms with Crippen LogP contribution in [0, 0.1) is 0 Å². The van der Waals surface area contributed by atoms with Gasteiger partial charge in [-0.25, -0.2) is 0 Å². The monoisotopic (exact) mass is 455 g/mol. The summed E-state index contributed by atoms with van der Waals surface area (Å²) in [7, 11) is 0. The van der Waals surface area contributed by atoms with Crippen molar-refractivity contribution in [3.63, 3.8) is 0 Å². The number of aromatic nitrogens is 2. The summed E-state index contributed by atoms with van der Waals surface area (Å²) in [6, 6.07) is 6.91. The maximum Gasteiger partial charge on any atom is 0.230 e. The molecule has 2 rings (SSSR count). The molecule has 0 saturated carbocycles. The van der Waals surface area contributed by atoms with Gasteiger partial charge in [-0.3, -0.25) is 9.59 Å². The average molecular weight is 456 g/mol. The summed E-state index contributed by atoms with van der Waals surface area (Å²) >= 11 is 4.15. The molecule has 1 heterocycles. The average Bonchev–Trinajstić information content (AvgIpc) is 3.21. The van der Waals surface area contributed by atoms with Gasteiger partial charge < -0.3 is 15.2 Å². The van der Waals surface area contributed by atoms with Gasteiger partial charge in [-0.15, -0.1) is 10.2 Å². The number of Topliss-reactive ketones (excluding diaryl/α,β-unsaturated/α-hetero) is 1.